The van der Waals surface area contributed by atoms with Gasteiger partial charge in [-0.3, -0.25) is 4.79 Å². The number of sulfonamides is 1. The van der Waals surface area contributed by atoms with Gasteiger partial charge in [0.25, 0.3) is 0 Å². The second kappa shape index (κ2) is 8.63. The van der Waals surface area contributed by atoms with Gasteiger partial charge in [0.15, 0.2) is 0 Å². The lowest BCUT2D eigenvalue weighted by atomic mass is 10.1. The summed E-state index contributed by atoms with van der Waals surface area (Å²) >= 11 is 0. The number of ether oxygens (including phenoxy) is 1. The lowest BCUT2D eigenvalue weighted by molar-refractivity contribution is -0.133. The van der Waals surface area contributed by atoms with Crippen LogP contribution in [0.3, 0.4) is 0 Å². The number of nitrogens with zero attached hydrogens (tertiary/aromatic N) is 2. The van der Waals surface area contributed by atoms with Crippen LogP contribution in [0.1, 0.15) is 42.0 Å². The van der Waals surface area contributed by atoms with Gasteiger partial charge in [-0.15, -0.1) is 0 Å². The molecule has 166 valence electrons. The first-order valence-electron chi connectivity index (χ1n) is 10.8. The second-order valence-electron chi connectivity index (χ2n) is 8.83. The smallest absolute Gasteiger partial charge is 0.227 e. The summed E-state index contributed by atoms with van der Waals surface area (Å²) in [6, 6.07) is 13.9. The third-order valence-corrected chi connectivity index (χ3v) is 7.27. The lowest BCUT2D eigenvalue weighted by Gasteiger charge is -2.26. The van der Waals surface area contributed by atoms with Crippen molar-refractivity contribution in [2.45, 2.75) is 58.3 Å². The maximum Gasteiger partial charge on any atom is 0.227 e. The molecule has 2 aliphatic rings. The van der Waals surface area contributed by atoms with Crippen molar-refractivity contribution in [3.63, 3.8) is 0 Å². The van der Waals surface area contributed by atoms with Crippen LogP contribution < -0.4 is 4.74 Å². The minimum Gasteiger partial charge on any atom is -0.491 e. The molecule has 0 spiro atoms. The van der Waals surface area contributed by atoms with Crippen LogP contribution in [0, 0.1) is 6.92 Å². The molecule has 1 amide bonds. The number of aryl methyl sites for hydroxylation is 1. The van der Waals surface area contributed by atoms with E-state index in [2.05, 4.69) is 0 Å². The van der Waals surface area contributed by atoms with E-state index in [-0.39, 0.29) is 18.0 Å². The van der Waals surface area contributed by atoms with E-state index >= 15 is 0 Å². The minimum atomic E-state index is -3.26. The second-order valence-corrected chi connectivity index (χ2v) is 10.8. The number of carbonyl (C=O) groups excluding carboxylic acids is 1. The Hall–Kier alpha value is -2.38. The summed E-state index contributed by atoms with van der Waals surface area (Å²) in [6.07, 6.45) is 3.45. The first kappa shape index (κ1) is 21.8. The topological polar surface area (TPSA) is 66.9 Å². The molecule has 0 radical (unpaired) electrons. The van der Waals surface area contributed by atoms with E-state index in [0.29, 0.717) is 26.1 Å². The average Bonchev–Trinajstić information content (AvgIpc) is 3.55. The van der Waals surface area contributed by atoms with E-state index in [1.807, 2.05) is 61.2 Å². The van der Waals surface area contributed by atoms with Crippen molar-refractivity contribution in [2.24, 2.45) is 0 Å². The molecular weight excluding hydrogens is 412 g/mol. The Morgan fingerprint density at radius 1 is 1.13 bits per heavy atom. The molecule has 2 aromatic rings. The highest BCUT2D eigenvalue weighted by molar-refractivity contribution is 7.88. The lowest BCUT2D eigenvalue weighted by Crippen LogP contribution is -2.40. The van der Waals surface area contributed by atoms with Crippen LogP contribution in [0.4, 0.5) is 0 Å². The fourth-order valence-electron chi connectivity index (χ4n) is 4.01. The SMILES string of the molecule is Cc1ccc(CC(=O)N2Cc3cc(CN(C4CC4)S(C)(=O)=O)ccc3OC[C@@H]2C)cc1. The summed E-state index contributed by atoms with van der Waals surface area (Å²) in [6.45, 7) is 5.27. The summed E-state index contributed by atoms with van der Waals surface area (Å²) in [7, 11) is -3.26. The third kappa shape index (κ3) is 5.28. The van der Waals surface area contributed by atoms with Crippen molar-refractivity contribution in [1.82, 2.24) is 9.21 Å². The van der Waals surface area contributed by atoms with E-state index < -0.39 is 10.0 Å². The molecule has 6 nitrogen and oxygen atoms in total. The van der Waals surface area contributed by atoms with Gasteiger partial charge < -0.3 is 9.64 Å². The van der Waals surface area contributed by atoms with Gasteiger partial charge in [0.2, 0.25) is 15.9 Å². The molecular formula is C24H30N2O4S. The number of fused-ring (bicyclic) bond motifs is 1. The quantitative estimate of drug-likeness (QED) is 0.689. The van der Waals surface area contributed by atoms with Crippen molar-refractivity contribution >= 4 is 15.9 Å². The summed E-state index contributed by atoms with van der Waals surface area (Å²) in [5.41, 5.74) is 4.00. The van der Waals surface area contributed by atoms with E-state index in [1.165, 1.54) is 11.8 Å². The number of rotatable bonds is 6. The van der Waals surface area contributed by atoms with E-state index in [9.17, 15) is 13.2 Å². The number of hydrogen-bond acceptors (Lipinski definition) is 4. The van der Waals surface area contributed by atoms with Gasteiger partial charge in [0, 0.05) is 24.7 Å². The first-order valence-corrected chi connectivity index (χ1v) is 12.6. The molecule has 1 saturated carbocycles. The molecule has 0 bridgehead atoms. The fourth-order valence-corrected chi connectivity index (χ4v) is 5.15. The zero-order valence-electron chi connectivity index (χ0n) is 18.4. The standard InChI is InChI=1S/C24H30N2O4S/c1-17-4-6-19(7-5-17)13-24(27)25-15-21-12-20(8-11-23(21)30-16-18(25)2)14-26(22-9-10-22)31(3,28)29/h4-8,11-12,18,22H,9-10,13-16H2,1-3H3/t18-/m0/s1. The highest BCUT2D eigenvalue weighted by Crippen LogP contribution is 2.32. The molecule has 31 heavy (non-hydrogen) atoms. The summed E-state index contributed by atoms with van der Waals surface area (Å²) in [4.78, 5) is 15.0. The van der Waals surface area contributed by atoms with Crippen molar-refractivity contribution in [3.05, 3.63) is 64.7 Å². The zero-order valence-corrected chi connectivity index (χ0v) is 19.2. The Bertz CT molecular complexity index is 1060. The monoisotopic (exact) mass is 442 g/mol. The van der Waals surface area contributed by atoms with Gasteiger partial charge >= 0.3 is 0 Å². The Morgan fingerprint density at radius 3 is 2.45 bits per heavy atom. The maximum atomic E-state index is 13.1. The van der Waals surface area contributed by atoms with Crippen LogP contribution in [0.25, 0.3) is 0 Å². The Morgan fingerprint density at radius 2 is 1.81 bits per heavy atom. The van der Waals surface area contributed by atoms with E-state index in [4.69, 9.17) is 4.74 Å². The minimum absolute atomic E-state index is 0.0484. The molecule has 1 aliphatic heterocycles. The van der Waals surface area contributed by atoms with Gasteiger partial charge in [-0.2, -0.15) is 4.31 Å². The molecule has 1 aliphatic carbocycles. The van der Waals surface area contributed by atoms with Crippen molar-refractivity contribution in [3.8, 4) is 5.75 Å². The molecule has 0 saturated heterocycles. The van der Waals surface area contributed by atoms with E-state index in [1.54, 1.807) is 4.31 Å². The van der Waals surface area contributed by atoms with Crippen LogP contribution >= 0.6 is 0 Å². The normalized spacial score (nSPS) is 19.0. The highest BCUT2D eigenvalue weighted by Gasteiger charge is 2.35. The Balaban J connectivity index is 1.53. The molecule has 0 N–H and O–H groups in total. The Kier molecular flexibility index (Phi) is 6.08. The van der Waals surface area contributed by atoms with Gasteiger partial charge in [-0.25, -0.2) is 8.42 Å². The molecule has 1 fully saturated rings. The van der Waals surface area contributed by atoms with Crippen LogP contribution in [-0.4, -0.2) is 48.5 Å². The molecule has 0 unspecified atom stereocenters. The summed E-state index contributed by atoms with van der Waals surface area (Å²) in [5.74, 6) is 0.826. The number of carbonyl (C=O) groups is 1. The fraction of sp³-hybridized carbons (Fsp3) is 0.458. The largest absolute Gasteiger partial charge is 0.491 e. The van der Waals surface area contributed by atoms with Gasteiger partial charge in [0.1, 0.15) is 12.4 Å². The van der Waals surface area contributed by atoms with Crippen molar-refractivity contribution in [2.75, 3.05) is 12.9 Å². The highest BCUT2D eigenvalue weighted by atomic mass is 32.2. The number of benzene rings is 2. The first-order chi connectivity index (χ1) is 14.7. The van der Waals surface area contributed by atoms with Crippen LogP contribution in [-0.2, 0) is 34.3 Å². The molecule has 4 rings (SSSR count). The molecule has 1 heterocycles. The average molecular weight is 443 g/mol. The number of amides is 1. The van der Waals surface area contributed by atoms with Crippen LogP contribution in [0.5, 0.6) is 5.75 Å². The Labute approximate surface area is 184 Å². The predicted octanol–water partition coefficient (Wildman–Crippen LogP) is 3.27. The van der Waals surface area contributed by atoms with E-state index in [0.717, 1.165) is 35.3 Å². The molecule has 1 atom stereocenters. The van der Waals surface area contributed by atoms with Crippen molar-refractivity contribution in [1.29, 1.82) is 0 Å². The molecule has 0 aromatic heterocycles. The van der Waals surface area contributed by atoms with Gasteiger partial charge in [-0.05, 0) is 49.9 Å². The maximum absolute atomic E-state index is 13.1. The van der Waals surface area contributed by atoms with Crippen LogP contribution in [0.2, 0.25) is 0 Å². The van der Waals surface area contributed by atoms with Gasteiger partial charge in [0.05, 0.1) is 18.7 Å². The molecule has 2 aromatic carbocycles. The van der Waals surface area contributed by atoms with Crippen LogP contribution in [0.15, 0.2) is 42.5 Å². The molecule has 7 heteroatoms. The number of hydrogen-bond donors (Lipinski definition) is 0. The van der Waals surface area contributed by atoms with Crippen molar-refractivity contribution < 1.29 is 17.9 Å². The summed E-state index contributed by atoms with van der Waals surface area (Å²) < 4.78 is 31.9. The summed E-state index contributed by atoms with van der Waals surface area (Å²) in [5, 5.41) is 0. The third-order valence-electron chi connectivity index (χ3n) is 5.99. The predicted molar refractivity (Wildman–Crippen MR) is 120 cm³/mol. The van der Waals surface area contributed by atoms with Gasteiger partial charge in [-0.1, -0.05) is 35.9 Å². The zero-order chi connectivity index (χ0) is 22.2.